The summed E-state index contributed by atoms with van der Waals surface area (Å²) in [5, 5.41) is 0. The van der Waals surface area contributed by atoms with E-state index in [1.807, 2.05) is 0 Å². The molecule has 0 saturated carbocycles. The fourth-order valence-electron chi connectivity index (χ4n) is 0. The van der Waals surface area contributed by atoms with E-state index in [-0.39, 0.29) is 55.9 Å². The van der Waals surface area contributed by atoms with E-state index >= 15 is 0 Å². The van der Waals surface area contributed by atoms with Gasteiger partial charge in [-0.3, -0.25) is 0 Å². The molecular formula is H12B2F8MgO6. The summed E-state index contributed by atoms with van der Waals surface area (Å²) < 4.78 is 78.0. The Hall–Kier alpha value is 0.0961. The summed E-state index contributed by atoms with van der Waals surface area (Å²) in [6, 6.07) is 0. The molecule has 0 aromatic heterocycles. The van der Waals surface area contributed by atoms with E-state index in [2.05, 4.69) is 0 Å². The molecule has 0 aliphatic rings. The van der Waals surface area contributed by atoms with Crippen molar-refractivity contribution in [1.82, 2.24) is 0 Å². The van der Waals surface area contributed by atoms with Gasteiger partial charge in [-0.05, 0) is 0 Å². The van der Waals surface area contributed by atoms with Crippen molar-refractivity contribution < 1.29 is 67.4 Å². The molecular weight excluding hydrogens is 294 g/mol. The Morgan fingerprint density at radius 1 is 0.353 bits per heavy atom. The molecule has 0 amide bonds. The van der Waals surface area contributed by atoms with Crippen LogP contribution in [0.2, 0.25) is 0 Å². The zero-order chi connectivity index (χ0) is 9.00. The van der Waals surface area contributed by atoms with Crippen molar-refractivity contribution in [3.05, 3.63) is 0 Å². The molecule has 0 spiro atoms. The Morgan fingerprint density at radius 2 is 0.353 bits per heavy atom. The molecule has 12 N–H and O–H groups in total. The van der Waals surface area contributed by atoms with Crippen molar-refractivity contribution in [2.24, 2.45) is 0 Å². The summed E-state index contributed by atoms with van der Waals surface area (Å²) in [5.41, 5.74) is 0. The molecule has 0 heterocycles. The molecule has 0 aliphatic heterocycles. The first-order valence-electron chi connectivity index (χ1n) is 1.75. The van der Waals surface area contributed by atoms with E-state index in [1.165, 1.54) is 0 Å². The fraction of sp³-hybridized carbons (Fsp3) is 0. The smallest absolute Gasteiger partial charge is 0.418 e. The number of hydrogen-bond donors (Lipinski definition) is 0. The van der Waals surface area contributed by atoms with E-state index in [0.29, 0.717) is 0 Å². The van der Waals surface area contributed by atoms with Gasteiger partial charge in [-0.2, -0.15) is 0 Å². The van der Waals surface area contributed by atoms with Crippen LogP contribution in [-0.4, -0.2) is 70.4 Å². The van der Waals surface area contributed by atoms with E-state index in [0.717, 1.165) is 0 Å². The molecule has 0 fully saturated rings. The van der Waals surface area contributed by atoms with E-state index in [9.17, 15) is 34.5 Å². The second kappa shape index (κ2) is 25.1. The molecule has 17 heavy (non-hydrogen) atoms. The molecule has 0 saturated heterocycles. The monoisotopic (exact) mass is 306 g/mol. The summed E-state index contributed by atoms with van der Waals surface area (Å²) in [7, 11) is -12.0. The third-order valence-electron chi connectivity index (χ3n) is 0. The van der Waals surface area contributed by atoms with Crippen LogP contribution in [0.15, 0.2) is 0 Å². The third-order valence-corrected chi connectivity index (χ3v) is 0. The minimum Gasteiger partial charge on any atom is -0.418 e. The molecule has 0 atom stereocenters. The summed E-state index contributed by atoms with van der Waals surface area (Å²) in [4.78, 5) is 0. The van der Waals surface area contributed by atoms with Gasteiger partial charge in [0.05, 0.1) is 0 Å². The van der Waals surface area contributed by atoms with Gasteiger partial charge >= 0.3 is 37.6 Å². The van der Waals surface area contributed by atoms with Crippen LogP contribution in [0, 0.1) is 0 Å². The van der Waals surface area contributed by atoms with Gasteiger partial charge in [0.1, 0.15) is 0 Å². The molecule has 112 valence electrons. The zero-order valence-electron chi connectivity index (χ0n) is 7.89. The maximum Gasteiger partial charge on any atom is 2.00 e. The van der Waals surface area contributed by atoms with E-state index < -0.39 is 14.5 Å². The fourth-order valence-corrected chi connectivity index (χ4v) is 0. The molecule has 0 unspecified atom stereocenters. The molecule has 6 nitrogen and oxygen atoms in total. The van der Waals surface area contributed by atoms with Gasteiger partial charge < -0.3 is 67.4 Å². The standard InChI is InChI=1S/2BF4.Mg.6H2O/c2*2-1(3,4)5;;;;;;;/h;;;6*1H2/q2*-1;+2;;;;;;. The van der Waals surface area contributed by atoms with Crippen molar-refractivity contribution in [2.75, 3.05) is 0 Å². The first-order valence-corrected chi connectivity index (χ1v) is 1.75. The normalized spacial score (nSPS) is 7.06. The predicted molar refractivity (Wildman–Crippen MR) is 47.8 cm³/mol. The van der Waals surface area contributed by atoms with Gasteiger partial charge in [-0.15, -0.1) is 0 Å². The van der Waals surface area contributed by atoms with Crippen LogP contribution in [0.25, 0.3) is 0 Å². The van der Waals surface area contributed by atoms with Crippen LogP contribution in [0.4, 0.5) is 34.5 Å². The van der Waals surface area contributed by atoms with Crippen LogP contribution in [-0.2, 0) is 0 Å². The Morgan fingerprint density at radius 3 is 0.353 bits per heavy atom. The van der Waals surface area contributed by atoms with Crippen LogP contribution < -0.4 is 0 Å². The number of rotatable bonds is 0. The Labute approximate surface area is 106 Å². The topological polar surface area (TPSA) is 189 Å². The van der Waals surface area contributed by atoms with Crippen molar-refractivity contribution in [1.29, 1.82) is 0 Å². The quantitative estimate of drug-likeness (QED) is 0.332. The molecule has 0 aromatic rings. The third kappa shape index (κ3) is 346000. The minimum atomic E-state index is -6.00. The summed E-state index contributed by atoms with van der Waals surface area (Å²) in [6.07, 6.45) is 0. The van der Waals surface area contributed by atoms with Crippen molar-refractivity contribution in [3.8, 4) is 0 Å². The van der Waals surface area contributed by atoms with Crippen LogP contribution in [0.5, 0.6) is 0 Å². The van der Waals surface area contributed by atoms with Gasteiger partial charge in [0.2, 0.25) is 0 Å². The molecule has 0 bridgehead atoms. The molecule has 0 rings (SSSR count). The summed E-state index contributed by atoms with van der Waals surface area (Å²) in [5.74, 6) is 0. The molecule has 0 radical (unpaired) electrons. The second-order valence-corrected chi connectivity index (χ2v) is 0.990. The maximum atomic E-state index is 9.75. The van der Waals surface area contributed by atoms with Gasteiger partial charge in [0, 0.05) is 0 Å². The van der Waals surface area contributed by atoms with Crippen LogP contribution in [0.3, 0.4) is 0 Å². The largest absolute Gasteiger partial charge is 2.00 e. The van der Waals surface area contributed by atoms with Gasteiger partial charge in [0.15, 0.2) is 0 Å². The van der Waals surface area contributed by atoms with Crippen LogP contribution in [0.1, 0.15) is 0 Å². The van der Waals surface area contributed by atoms with Crippen molar-refractivity contribution >= 4 is 37.6 Å². The van der Waals surface area contributed by atoms with Crippen LogP contribution >= 0.6 is 0 Å². The predicted octanol–water partition coefficient (Wildman–Crippen LogP) is -2.73. The summed E-state index contributed by atoms with van der Waals surface area (Å²) >= 11 is 0. The van der Waals surface area contributed by atoms with Crippen molar-refractivity contribution in [3.63, 3.8) is 0 Å². The first kappa shape index (κ1) is 67.6. The molecule has 0 aliphatic carbocycles. The zero-order valence-corrected chi connectivity index (χ0v) is 9.30. The molecule has 17 heteroatoms. The van der Waals surface area contributed by atoms with Gasteiger partial charge in [-0.25, -0.2) is 0 Å². The van der Waals surface area contributed by atoms with Crippen molar-refractivity contribution in [2.45, 2.75) is 0 Å². The SMILES string of the molecule is F[B-](F)(F)F.F[B-](F)(F)F.O.O.O.O.O.O.[Mg+2]. The van der Waals surface area contributed by atoms with Gasteiger partial charge in [0.25, 0.3) is 0 Å². The van der Waals surface area contributed by atoms with Gasteiger partial charge in [-0.1, -0.05) is 0 Å². The average Bonchev–Trinajstić information content (AvgIpc) is 1.12. The summed E-state index contributed by atoms with van der Waals surface area (Å²) in [6.45, 7) is 0. The average molecular weight is 306 g/mol. The Kier molecular flexibility index (Phi) is 99.7. The Balaban J connectivity index is -0.00000000762. The first-order chi connectivity index (χ1) is 4.00. The second-order valence-electron chi connectivity index (χ2n) is 0.990. The maximum absolute atomic E-state index is 9.75. The number of hydrogen-bond acceptors (Lipinski definition) is 0. The van der Waals surface area contributed by atoms with E-state index in [4.69, 9.17) is 0 Å². The Bertz CT molecular complexity index is 71.0. The molecule has 0 aromatic carbocycles. The van der Waals surface area contributed by atoms with E-state index in [1.54, 1.807) is 0 Å². The number of halogens is 8. The minimum absolute atomic E-state index is 0.